The fourth-order valence-corrected chi connectivity index (χ4v) is 3.94. The second-order valence-corrected chi connectivity index (χ2v) is 6.99. The van der Waals surface area contributed by atoms with Crippen LogP contribution in [0.2, 0.25) is 0 Å². The second kappa shape index (κ2) is 6.80. The molecule has 0 saturated heterocycles. The van der Waals surface area contributed by atoms with Gasteiger partial charge in [0.2, 0.25) is 0 Å². The highest BCUT2D eigenvalue weighted by Gasteiger charge is 2.31. The summed E-state index contributed by atoms with van der Waals surface area (Å²) in [4.78, 5) is 30.7. The van der Waals surface area contributed by atoms with E-state index in [2.05, 4.69) is 0 Å². The van der Waals surface area contributed by atoms with Crippen molar-refractivity contribution in [2.24, 2.45) is 4.99 Å². The number of aromatic nitrogens is 1. The highest BCUT2D eigenvalue weighted by atomic mass is 32.1. The zero-order valence-corrected chi connectivity index (χ0v) is 15.5. The number of carbonyl (C=O) groups is 1. The van der Waals surface area contributed by atoms with Gasteiger partial charge in [0.25, 0.3) is 5.56 Å². The maximum absolute atomic E-state index is 12.7. The van der Waals surface area contributed by atoms with Gasteiger partial charge in [0, 0.05) is 5.70 Å². The van der Waals surface area contributed by atoms with Crippen molar-refractivity contribution in [2.75, 3.05) is 6.61 Å². The van der Waals surface area contributed by atoms with Crippen molar-refractivity contribution < 1.29 is 9.53 Å². The average Bonchev–Trinajstić information content (AvgIpc) is 2.93. The molecule has 0 fully saturated rings. The molecule has 0 bridgehead atoms. The van der Waals surface area contributed by atoms with Gasteiger partial charge in [-0.1, -0.05) is 47.2 Å². The van der Waals surface area contributed by atoms with Crippen LogP contribution < -0.4 is 14.9 Å². The first-order chi connectivity index (χ1) is 12.0. The molecule has 2 aromatic rings. The van der Waals surface area contributed by atoms with Crippen LogP contribution in [0.1, 0.15) is 39.3 Å². The third-order valence-electron chi connectivity index (χ3n) is 4.08. The van der Waals surface area contributed by atoms with Crippen LogP contribution >= 0.6 is 11.3 Å². The van der Waals surface area contributed by atoms with Crippen LogP contribution in [0.5, 0.6) is 0 Å². The molecule has 1 atom stereocenters. The number of allylic oxidation sites excluding steroid dienone is 1. The molecule has 5 nitrogen and oxygen atoms in total. The number of ether oxygens (including phenoxy) is 1. The fraction of sp³-hybridized carbons (Fsp3) is 0.316. The summed E-state index contributed by atoms with van der Waals surface area (Å²) in [6.45, 7) is 7.62. The third-order valence-corrected chi connectivity index (χ3v) is 5.34. The quantitative estimate of drug-likeness (QED) is 0.793. The van der Waals surface area contributed by atoms with Crippen molar-refractivity contribution in [3.63, 3.8) is 0 Å². The molecule has 1 aromatic heterocycles. The molecule has 25 heavy (non-hydrogen) atoms. The van der Waals surface area contributed by atoms with E-state index in [0.717, 1.165) is 11.1 Å². The van der Waals surface area contributed by atoms with Crippen LogP contribution in [0.4, 0.5) is 0 Å². The predicted molar refractivity (Wildman–Crippen MR) is 98.8 cm³/mol. The molecule has 0 amide bonds. The molecule has 2 heterocycles. The van der Waals surface area contributed by atoms with Gasteiger partial charge in [-0.3, -0.25) is 9.36 Å². The number of carbonyl (C=O) groups excluding carboxylic acids is 1. The summed E-state index contributed by atoms with van der Waals surface area (Å²) in [6.07, 6.45) is 0. The second-order valence-electron chi connectivity index (χ2n) is 6.02. The van der Waals surface area contributed by atoms with Crippen LogP contribution in [0.25, 0.3) is 11.3 Å². The van der Waals surface area contributed by atoms with Crippen molar-refractivity contribution in [3.8, 4) is 0 Å². The fourth-order valence-electron chi connectivity index (χ4n) is 2.90. The number of esters is 1. The molecule has 0 aliphatic carbocycles. The van der Waals surface area contributed by atoms with Crippen molar-refractivity contribution in [2.45, 2.75) is 33.7 Å². The van der Waals surface area contributed by atoms with E-state index in [1.165, 1.54) is 15.9 Å². The van der Waals surface area contributed by atoms with Crippen molar-refractivity contribution in [1.29, 1.82) is 0 Å². The lowest BCUT2D eigenvalue weighted by Gasteiger charge is -2.22. The van der Waals surface area contributed by atoms with Crippen molar-refractivity contribution in [1.82, 2.24) is 4.57 Å². The van der Waals surface area contributed by atoms with Gasteiger partial charge >= 0.3 is 5.97 Å². The Morgan fingerprint density at radius 2 is 1.96 bits per heavy atom. The van der Waals surface area contributed by atoms with E-state index in [0.29, 0.717) is 20.6 Å². The third kappa shape index (κ3) is 2.98. The Bertz CT molecular complexity index is 1020. The summed E-state index contributed by atoms with van der Waals surface area (Å²) in [6, 6.07) is 9.13. The predicted octanol–water partition coefficient (Wildman–Crippen LogP) is 2.27. The smallest absolute Gasteiger partial charge is 0.338 e. The topological polar surface area (TPSA) is 60.7 Å². The molecule has 3 rings (SSSR count). The largest absolute Gasteiger partial charge is 0.463 e. The van der Waals surface area contributed by atoms with E-state index in [4.69, 9.17) is 9.73 Å². The Hall–Kier alpha value is -2.47. The molecule has 0 N–H and O–H groups in total. The number of hydrogen-bond donors (Lipinski definition) is 0. The first-order valence-corrected chi connectivity index (χ1v) is 8.97. The highest BCUT2D eigenvalue weighted by Crippen LogP contribution is 2.31. The minimum atomic E-state index is -0.469. The van der Waals surface area contributed by atoms with Gasteiger partial charge in [-0.25, -0.2) is 9.79 Å². The lowest BCUT2D eigenvalue weighted by molar-refractivity contribution is -0.138. The SMILES string of the molecule is CCOC(=O)C1=C(C)n2c(sc(=C(C)C)c2=O)=NC1c1ccccc1. The van der Waals surface area contributed by atoms with E-state index in [1.54, 1.807) is 13.8 Å². The molecule has 0 radical (unpaired) electrons. The number of thiazole rings is 1. The molecule has 1 aliphatic rings. The van der Waals surface area contributed by atoms with Crippen LogP contribution in [0.3, 0.4) is 0 Å². The number of hydrogen-bond acceptors (Lipinski definition) is 5. The molecular weight excluding hydrogens is 336 g/mol. The van der Waals surface area contributed by atoms with Gasteiger partial charge in [0.15, 0.2) is 4.80 Å². The summed E-state index contributed by atoms with van der Waals surface area (Å²) < 4.78 is 7.43. The average molecular weight is 356 g/mol. The van der Waals surface area contributed by atoms with E-state index >= 15 is 0 Å². The Kier molecular flexibility index (Phi) is 4.72. The Labute approximate surface area is 149 Å². The van der Waals surface area contributed by atoms with Gasteiger partial charge in [0.1, 0.15) is 6.04 Å². The Morgan fingerprint density at radius 3 is 2.56 bits per heavy atom. The molecule has 1 unspecified atom stereocenters. The minimum Gasteiger partial charge on any atom is -0.463 e. The Morgan fingerprint density at radius 1 is 1.28 bits per heavy atom. The zero-order valence-electron chi connectivity index (χ0n) is 14.7. The van der Waals surface area contributed by atoms with E-state index in [-0.39, 0.29) is 12.2 Å². The number of nitrogens with zero attached hydrogens (tertiary/aromatic N) is 2. The first kappa shape index (κ1) is 17.4. The summed E-state index contributed by atoms with van der Waals surface area (Å²) in [5.74, 6) is -0.430. The summed E-state index contributed by atoms with van der Waals surface area (Å²) in [5, 5.41) is 0. The van der Waals surface area contributed by atoms with Gasteiger partial charge in [0.05, 0.1) is 16.7 Å². The van der Waals surface area contributed by atoms with Gasteiger partial charge in [-0.15, -0.1) is 0 Å². The number of benzene rings is 1. The minimum absolute atomic E-state index is 0.130. The molecular formula is C19H20N2O3S. The molecule has 130 valence electrons. The Balaban J connectivity index is 2.34. The molecule has 6 heteroatoms. The first-order valence-electron chi connectivity index (χ1n) is 8.16. The van der Waals surface area contributed by atoms with Gasteiger partial charge < -0.3 is 4.74 Å². The van der Waals surface area contributed by atoms with Crippen LogP contribution in [0.15, 0.2) is 45.7 Å². The maximum Gasteiger partial charge on any atom is 0.338 e. The van der Waals surface area contributed by atoms with E-state index in [1.807, 2.05) is 44.2 Å². The highest BCUT2D eigenvalue weighted by molar-refractivity contribution is 7.07. The van der Waals surface area contributed by atoms with Gasteiger partial charge in [-0.05, 0) is 33.3 Å². The molecule has 0 spiro atoms. The summed E-state index contributed by atoms with van der Waals surface area (Å²) in [7, 11) is 0. The standard InChI is InChI=1S/C19H20N2O3S/c1-5-24-18(23)14-12(4)21-17(22)16(11(2)3)25-19(21)20-15(14)13-9-7-6-8-10-13/h6-10,15H,5H2,1-4H3. The maximum atomic E-state index is 12.7. The van der Waals surface area contributed by atoms with E-state index in [9.17, 15) is 9.59 Å². The van der Waals surface area contributed by atoms with E-state index < -0.39 is 12.0 Å². The summed E-state index contributed by atoms with van der Waals surface area (Å²) >= 11 is 1.36. The van der Waals surface area contributed by atoms with Crippen LogP contribution in [-0.2, 0) is 9.53 Å². The van der Waals surface area contributed by atoms with Crippen molar-refractivity contribution in [3.05, 3.63) is 61.2 Å². The van der Waals surface area contributed by atoms with Crippen molar-refractivity contribution >= 4 is 28.6 Å². The monoisotopic (exact) mass is 356 g/mol. The summed E-state index contributed by atoms with van der Waals surface area (Å²) in [5.41, 5.74) is 2.71. The lowest BCUT2D eigenvalue weighted by Crippen LogP contribution is -2.35. The van der Waals surface area contributed by atoms with Crippen LogP contribution in [0, 0.1) is 0 Å². The lowest BCUT2D eigenvalue weighted by atomic mass is 9.97. The van der Waals surface area contributed by atoms with Crippen LogP contribution in [-0.4, -0.2) is 17.1 Å². The van der Waals surface area contributed by atoms with Gasteiger partial charge in [-0.2, -0.15) is 0 Å². The number of fused-ring (bicyclic) bond motifs is 1. The molecule has 1 aromatic carbocycles. The zero-order chi connectivity index (χ0) is 18.1. The normalized spacial score (nSPS) is 16.2. The number of rotatable bonds is 3. The molecule has 1 aliphatic heterocycles. The molecule has 0 saturated carbocycles.